The number of rotatable bonds is 9. The van der Waals surface area contributed by atoms with Crippen LogP contribution in [0, 0.1) is 18.6 Å². The molecule has 1 aliphatic heterocycles. The number of hydrogen-bond donors (Lipinski definition) is 2. The van der Waals surface area contributed by atoms with Crippen molar-refractivity contribution in [3.63, 3.8) is 0 Å². The molecule has 13 nitrogen and oxygen atoms in total. The Labute approximate surface area is 276 Å². The molecule has 0 spiro atoms. The number of hydroxylamine groups is 2. The molecule has 3 aromatic heterocycles. The average molecular weight is 680 g/mol. The van der Waals surface area contributed by atoms with Gasteiger partial charge in [0, 0.05) is 66.8 Å². The number of hydrogen-bond acceptors (Lipinski definition) is 9. The van der Waals surface area contributed by atoms with E-state index in [0.717, 1.165) is 12.1 Å². The quantitative estimate of drug-likeness (QED) is 0.225. The number of pyridine rings is 1. The lowest BCUT2D eigenvalue weighted by Crippen LogP contribution is -2.42. The molecule has 0 aliphatic carbocycles. The average Bonchev–Trinajstić information content (AvgIpc) is 3.70. The van der Waals surface area contributed by atoms with Crippen molar-refractivity contribution in [3.8, 4) is 16.9 Å². The Hall–Kier alpha value is -4.77. The van der Waals surface area contributed by atoms with Crippen LogP contribution in [-0.4, -0.2) is 85.2 Å². The fourth-order valence-electron chi connectivity index (χ4n) is 5.55. The van der Waals surface area contributed by atoms with Gasteiger partial charge in [-0.3, -0.25) is 10.2 Å². The van der Waals surface area contributed by atoms with Crippen LogP contribution in [0.15, 0.2) is 65.2 Å². The predicted octanol–water partition coefficient (Wildman–Crippen LogP) is 4.89. The number of para-hydroxylation sites is 1. The Morgan fingerprint density at radius 2 is 1.90 bits per heavy atom. The first kappa shape index (κ1) is 33.1. The SMILES string of the molecule is COCCN1C[C@@H](NC(=O)Nc2c(C)c(-c3cnc4c(c3)c(N=S(C)(C)=O)nn4C)nn2-c2ccccc2)[C@H](c2ccc(F)c(F)c2)O1. The maximum atomic E-state index is 14.2. The third kappa shape index (κ3) is 6.92. The minimum Gasteiger partial charge on any atom is -0.383 e. The molecule has 2 atom stereocenters. The summed E-state index contributed by atoms with van der Waals surface area (Å²) in [4.78, 5) is 24.3. The van der Waals surface area contributed by atoms with Crippen LogP contribution in [0.4, 0.5) is 25.2 Å². The maximum Gasteiger partial charge on any atom is 0.320 e. The highest BCUT2D eigenvalue weighted by atomic mass is 32.2. The number of halogens is 2. The summed E-state index contributed by atoms with van der Waals surface area (Å²) in [5.41, 5.74) is 3.46. The van der Waals surface area contributed by atoms with E-state index in [2.05, 4.69) is 25.1 Å². The highest BCUT2D eigenvalue weighted by molar-refractivity contribution is 7.92. The molecule has 1 saturated heterocycles. The third-order valence-electron chi connectivity index (χ3n) is 7.76. The molecule has 16 heteroatoms. The summed E-state index contributed by atoms with van der Waals surface area (Å²) < 4.78 is 53.1. The first-order valence-corrected chi connectivity index (χ1v) is 17.3. The van der Waals surface area contributed by atoms with Crippen molar-refractivity contribution in [2.45, 2.75) is 19.1 Å². The van der Waals surface area contributed by atoms with Crippen LogP contribution < -0.4 is 10.6 Å². The van der Waals surface area contributed by atoms with E-state index in [-0.39, 0.29) is 6.54 Å². The van der Waals surface area contributed by atoms with E-state index in [1.54, 1.807) is 34.8 Å². The molecule has 1 aliphatic rings. The van der Waals surface area contributed by atoms with Crippen molar-refractivity contribution in [1.29, 1.82) is 0 Å². The lowest BCUT2D eigenvalue weighted by molar-refractivity contribution is -0.154. The molecule has 0 bridgehead atoms. The van der Waals surface area contributed by atoms with Gasteiger partial charge in [-0.05, 0) is 42.8 Å². The number of nitrogens with zero attached hydrogens (tertiary/aromatic N) is 7. The van der Waals surface area contributed by atoms with Gasteiger partial charge >= 0.3 is 6.03 Å². The molecule has 5 aromatic rings. The van der Waals surface area contributed by atoms with Crippen LogP contribution in [0.2, 0.25) is 0 Å². The number of aryl methyl sites for hydroxylation is 1. The number of urea groups is 1. The Morgan fingerprint density at radius 1 is 1.12 bits per heavy atom. The number of benzene rings is 2. The molecular weight excluding hydrogens is 644 g/mol. The lowest BCUT2D eigenvalue weighted by atomic mass is 10.0. The molecule has 2 N–H and O–H groups in total. The number of amides is 2. The van der Waals surface area contributed by atoms with Crippen LogP contribution in [0.5, 0.6) is 0 Å². The zero-order valence-electron chi connectivity index (χ0n) is 27.0. The molecule has 2 amide bonds. The lowest BCUT2D eigenvalue weighted by Gasteiger charge is -2.20. The molecule has 4 heterocycles. The van der Waals surface area contributed by atoms with Crippen molar-refractivity contribution in [2.24, 2.45) is 11.4 Å². The van der Waals surface area contributed by atoms with Crippen molar-refractivity contribution >= 4 is 38.4 Å². The van der Waals surface area contributed by atoms with Crippen LogP contribution in [0.1, 0.15) is 17.2 Å². The first-order chi connectivity index (χ1) is 22.9. The molecule has 0 radical (unpaired) electrons. The summed E-state index contributed by atoms with van der Waals surface area (Å²) in [6.45, 7) is 2.87. The fourth-order valence-corrected chi connectivity index (χ4v) is 6.10. The summed E-state index contributed by atoms with van der Waals surface area (Å²) in [5, 5.41) is 17.4. The summed E-state index contributed by atoms with van der Waals surface area (Å²) in [7, 11) is 0.805. The van der Waals surface area contributed by atoms with E-state index in [4.69, 9.17) is 14.7 Å². The zero-order valence-corrected chi connectivity index (χ0v) is 27.8. The summed E-state index contributed by atoms with van der Waals surface area (Å²) in [5.74, 6) is -1.28. The Balaban J connectivity index is 1.34. The molecule has 0 unspecified atom stereocenters. The number of ether oxygens (including phenoxy) is 1. The van der Waals surface area contributed by atoms with Gasteiger partial charge in [-0.1, -0.05) is 24.3 Å². The number of aromatic nitrogens is 5. The summed E-state index contributed by atoms with van der Waals surface area (Å²) in [6.07, 6.45) is 3.95. The normalized spacial score (nSPS) is 16.8. The Bertz CT molecular complexity index is 2100. The number of methoxy groups -OCH3 is 1. The molecular formula is C32H35F2N9O4S. The largest absolute Gasteiger partial charge is 0.383 e. The summed E-state index contributed by atoms with van der Waals surface area (Å²) in [6, 6.07) is 13.5. The van der Waals surface area contributed by atoms with Gasteiger partial charge in [-0.2, -0.15) is 14.5 Å². The Morgan fingerprint density at radius 3 is 2.60 bits per heavy atom. The molecule has 48 heavy (non-hydrogen) atoms. The smallest absolute Gasteiger partial charge is 0.320 e. The highest BCUT2D eigenvalue weighted by Gasteiger charge is 2.37. The van der Waals surface area contributed by atoms with E-state index in [1.807, 2.05) is 43.3 Å². The third-order valence-corrected chi connectivity index (χ3v) is 8.37. The fraction of sp³-hybridized carbons (Fsp3) is 0.312. The van der Waals surface area contributed by atoms with Gasteiger partial charge in [0.05, 0.1) is 29.4 Å². The van der Waals surface area contributed by atoms with Crippen LogP contribution in [-0.2, 0) is 26.4 Å². The van der Waals surface area contributed by atoms with Gasteiger partial charge < -0.3 is 10.1 Å². The number of fused-ring (bicyclic) bond motifs is 1. The van der Waals surface area contributed by atoms with E-state index < -0.39 is 39.5 Å². The topological polar surface area (TPSA) is 141 Å². The maximum absolute atomic E-state index is 14.2. The van der Waals surface area contributed by atoms with Gasteiger partial charge in [0.2, 0.25) is 0 Å². The second-order valence-electron chi connectivity index (χ2n) is 11.7. The van der Waals surface area contributed by atoms with Crippen molar-refractivity contribution in [3.05, 3.63) is 83.6 Å². The van der Waals surface area contributed by atoms with Gasteiger partial charge in [-0.15, -0.1) is 5.10 Å². The second-order valence-corrected chi connectivity index (χ2v) is 14.2. The molecule has 6 rings (SSSR count). The molecule has 252 valence electrons. The Kier molecular flexibility index (Phi) is 9.24. The zero-order chi connectivity index (χ0) is 34.2. The van der Waals surface area contributed by atoms with Gasteiger partial charge in [-0.25, -0.2) is 32.1 Å². The number of carbonyl (C=O) groups excluding carboxylic acids is 1. The molecule has 2 aromatic carbocycles. The van der Waals surface area contributed by atoms with Crippen LogP contribution >= 0.6 is 0 Å². The number of nitrogens with one attached hydrogen (secondary N) is 2. The van der Waals surface area contributed by atoms with Crippen molar-refractivity contribution in [1.82, 2.24) is 34.9 Å². The minimum atomic E-state index is -2.49. The first-order valence-electron chi connectivity index (χ1n) is 15.0. The highest BCUT2D eigenvalue weighted by Crippen LogP contribution is 2.34. The molecule has 0 saturated carbocycles. The van der Waals surface area contributed by atoms with E-state index in [0.29, 0.717) is 63.9 Å². The second kappa shape index (κ2) is 13.4. The minimum absolute atomic E-state index is 0.273. The van der Waals surface area contributed by atoms with Gasteiger partial charge in [0.25, 0.3) is 0 Å². The monoisotopic (exact) mass is 679 g/mol. The van der Waals surface area contributed by atoms with E-state index in [9.17, 15) is 17.8 Å². The molecule has 1 fully saturated rings. The number of anilines is 1. The number of carbonyl (C=O) groups is 1. The van der Waals surface area contributed by atoms with Crippen LogP contribution in [0.3, 0.4) is 0 Å². The predicted molar refractivity (Wildman–Crippen MR) is 177 cm³/mol. The van der Waals surface area contributed by atoms with Crippen molar-refractivity contribution < 1.29 is 27.4 Å². The summed E-state index contributed by atoms with van der Waals surface area (Å²) >= 11 is 0. The van der Waals surface area contributed by atoms with Crippen LogP contribution in [0.25, 0.3) is 28.0 Å². The van der Waals surface area contributed by atoms with Gasteiger partial charge in [0.1, 0.15) is 11.9 Å². The van der Waals surface area contributed by atoms with Crippen molar-refractivity contribution in [2.75, 3.05) is 44.6 Å². The van der Waals surface area contributed by atoms with Gasteiger partial charge in [0.15, 0.2) is 23.1 Å². The van der Waals surface area contributed by atoms with E-state index >= 15 is 0 Å². The standard InChI is InChI=1S/C32H35F2N9O4S/c1-19-27(21-15-23-29(40-48(4,5)45)39-41(2)31(23)35-17-21)38-43(22-9-7-6-8-10-22)30(19)37-32(44)36-26-18-42(13-14-46-3)47-28(26)20-11-12-24(33)25(34)16-20/h6-12,15-17,26,28H,13-14,18H2,1-5H3,(H2,36,37,44)/t26-,28+/m1/s1. The van der Waals surface area contributed by atoms with E-state index in [1.165, 1.54) is 18.6 Å².